The van der Waals surface area contributed by atoms with Gasteiger partial charge in [0.05, 0.1) is 29.2 Å². The maximum absolute atomic E-state index is 13.7. The molecule has 31 heavy (non-hydrogen) atoms. The van der Waals surface area contributed by atoms with Gasteiger partial charge in [-0.15, -0.1) is 0 Å². The van der Waals surface area contributed by atoms with Gasteiger partial charge in [0.25, 0.3) is 5.91 Å². The number of para-hydroxylation sites is 1. The van der Waals surface area contributed by atoms with E-state index in [1.807, 2.05) is 35.1 Å². The van der Waals surface area contributed by atoms with Gasteiger partial charge in [-0.2, -0.15) is 10.2 Å². The van der Waals surface area contributed by atoms with Gasteiger partial charge in [0.1, 0.15) is 12.4 Å². The lowest BCUT2D eigenvalue weighted by molar-refractivity contribution is -0.121. The molecule has 0 bridgehead atoms. The number of amides is 2. The number of nitrogens with zero attached hydrogens (tertiary/aromatic N) is 4. The van der Waals surface area contributed by atoms with Gasteiger partial charge in [0, 0.05) is 24.7 Å². The molecular formula is C22H21FN6O2. The summed E-state index contributed by atoms with van der Waals surface area (Å²) in [5.41, 5.74) is 1.39. The predicted octanol–water partition coefficient (Wildman–Crippen LogP) is 2.83. The van der Waals surface area contributed by atoms with Crippen LogP contribution in [-0.2, 0) is 17.9 Å². The van der Waals surface area contributed by atoms with Crippen molar-refractivity contribution < 1.29 is 14.0 Å². The maximum Gasteiger partial charge on any atom is 0.258 e. The molecule has 2 aromatic heterocycles. The first-order valence-corrected chi connectivity index (χ1v) is 9.86. The minimum absolute atomic E-state index is 0.0142. The third kappa shape index (κ3) is 4.95. The fourth-order valence-electron chi connectivity index (χ4n) is 3.22. The Bertz CT molecular complexity index is 1220. The van der Waals surface area contributed by atoms with E-state index in [0.29, 0.717) is 18.8 Å². The fraction of sp³-hybridized carbons (Fsp3) is 0.182. The first-order chi connectivity index (χ1) is 15.1. The minimum atomic E-state index is -0.602. The van der Waals surface area contributed by atoms with Crippen molar-refractivity contribution >= 4 is 28.4 Å². The van der Waals surface area contributed by atoms with Crippen molar-refractivity contribution in [3.63, 3.8) is 0 Å². The van der Waals surface area contributed by atoms with Gasteiger partial charge in [-0.25, -0.2) is 4.39 Å². The van der Waals surface area contributed by atoms with Crippen LogP contribution >= 0.6 is 0 Å². The number of rotatable bonds is 8. The van der Waals surface area contributed by atoms with Crippen molar-refractivity contribution in [3.8, 4) is 0 Å². The normalized spacial score (nSPS) is 10.9. The second-order valence-corrected chi connectivity index (χ2v) is 6.99. The van der Waals surface area contributed by atoms with Crippen LogP contribution in [0.5, 0.6) is 0 Å². The maximum atomic E-state index is 13.7. The summed E-state index contributed by atoms with van der Waals surface area (Å²) in [6.45, 7) is 1.22. The SMILES string of the molecule is O=C(Cn1cc(NC(=O)c2ccccc2F)cn1)NCCCn1ncc2ccccc21. The molecule has 0 unspecified atom stereocenters. The molecular weight excluding hydrogens is 399 g/mol. The Hall–Kier alpha value is -4.01. The lowest BCUT2D eigenvalue weighted by Gasteiger charge is -2.07. The predicted molar refractivity (Wildman–Crippen MR) is 114 cm³/mol. The van der Waals surface area contributed by atoms with Crippen molar-refractivity contribution in [3.05, 3.63) is 78.5 Å². The third-order valence-corrected chi connectivity index (χ3v) is 4.74. The number of anilines is 1. The summed E-state index contributed by atoms with van der Waals surface area (Å²) in [6.07, 6.45) is 5.50. The van der Waals surface area contributed by atoms with Crippen molar-refractivity contribution in [1.29, 1.82) is 0 Å². The highest BCUT2D eigenvalue weighted by atomic mass is 19.1. The van der Waals surface area contributed by atoms with Crippen molar-refractivity contribution in [2.45, 2.75) is 19.5 Å². The van der Waals surface area contributed by atoms with E-state index in [0.717, 1.165) is 17.3 Å². The Kier molecular flexibility index (Phi) is 6.02. The summed E-state index contributed by atoms with van der Waals surface area (Å²) in [6, 6.07) is 13.7. The van der Waals surface area contributed by atoms with E-state index in [1.54, 1.807) is 6.07 Å². The summed E-state index contributed by atoms with van der Waals surface area (Å²) in [4.78, 5) is 24.3. The Morgan fingerprint density at radius 2 is 1.81 bits per heavy atom. The van der Waals surface area contributed by atoms with Crippen LogP contribution in [0.25, 0.3) is 10.9 Å². The largest absolute Gasteiger partial charge is 0.354 e. The van der Waals surface area contributed by atoms with E-state index in [-0.39, 0.29) is 18.0 Å². The highest BCUT2D eigenvalue weighted by Gasteiger charge is 2.12. The molecule has 2 N–H and O–H groups in total. The van der Waals surface area contributed by atoms with Crippen LogP contribution in [0, 0.1) is 5.82 Å². The molecule has 9 heteroatoms. The monoisotopic (exact) mass is 420 g/mol. The van der Waals surface area contributed by atoms with E-state index in [9.17, 15) is 14.0 Å². The van der Waals surface area contributed by atoms with Gasteiger partial charge < -0.3 is 10.6 Å². The van der Waals surface area contributed by atoms with Gasteiger partial charge in [-0.1, -0.05) is 30.3 Å². The average molecular weight is 420 g/mol. The number of benzene rings is 2. The van der Waals surface area contributed by atoms with Crippen molar-refractivity contribution in [1.82, 2.24) is 24.9 Å². The molecule has 4 rings (SSSR count). The lowest BCUT2D eigenvalue weighted by atomic mass is 10.2. The summed E-state index contributed by atoms with van der Waals surface area (Å²) < 4.78 is 17.0. The zero-order chi connectivity index (χ0) is 21.6. The van der Waals surface area contributed by atoms with Crippen molar-refractivity contribution in [2.24, 2.45) is 0 Å². The number of carbonyl (C=O) groups is 2. The number of hydrogen-bond acceptors (Lipinski definition) is 4. The molecule has 2 amide bonds. The zero-order valence-corrected chi connectivity index (χ0v) is 16.7. The Morgan fingerprint density at radius 3 is 2.68 bits per heavy atom. The molecule has 0 radical (unpaired) electrons. The van der Waals surface area contributed by atoms with Crippen LogP contribution < -0.4 is 10.6 Å². The van der Waals surface area contributed by atoms with Gasteiger partial charge in [0.2, 0.25) is 5.91 Å². The Morgan fingerprint density at radius 1 is 1.00 bits per heavy atom. The van der Waals surface area contributed by atoms with Crippen LogP contribution in [0.1, 0.15) is 16.8 Å². The standard InChI is InChI=1S/C22H21FN6O2/c23-19-8-3-2-7-18(19)22(31)27-17-13-25-28(14-17)15-21(30)24-10-5-11-29-20-9-4-1-6-16(20)12-26-29/h1-4,6-9,12-14H,5,10-11,15H2,(H,24,30)(H,27,31). The second kappa shape index (κ2) is 9.21. The lowest BCUT2D eigenvalue weighted by Crippen LogP contribution is -2.29. The van der Waals surface area contributed by atoms with E-state index in [4.69, 9.17) is 0 Å². The van der Waals surface area contributed by atoms with E-state index < -0.39 is 11.7 Å². The number of nitrogens with one attached hydrogen (secondary N) is 2. The van der Waals surface area contributed by atoms with Crippen LogP contribution in [-0.4, -0.2) is 37.9 Å². The van der Waals surface area contributed by atoms with E-state index >= 15 is 0 Å². The first kappa shape index (κ1) is 20.3. The van der Waals surface area contributed by atoms with Gasteiger partial charge in [-0.05, 0) is 24.6 Å². The first-order valence-electron chi connectivity index (χ1n) is 9.86. The van der Waals surface area contributed by atoms with Crippen LogP contribution in [0.2, 0.25) is 0 Å². The smallest absolute Gasteiger partial charge is 0.258 e. The number of carbonyl (C=O) groups excluding carboxylic acids is 2. The zero-order valence-electron chi connectivity index (χ0n) is 16.7. The number of halogens is 1. The number of aromatic nitrogens is 4. The molecule has 4 aromatic rings. The van der Waals surface area contributed by atoms with E-state index in [2.05, 4.69) is 20.8 Å². The molecule has 0 saturated heterocycles. The average Bonchev–Trinajstić information content (AvgIpc) is 3.38. The van der Waals surface area contributed by atoms with Crippen LogP contribution in [0.4, 0.5) is 10.1 Å². The van der Waals surface area contributed by atoms with Gasteiger partial charge in [0.15, 0.2) is 0 Å². The molecule has 0 saturated carbocycles. The van der Waals surface area contributed by atoms with E-state index in [1.165, 1.54) is 35.3 Å². The van der Waals surface area contributed by atoms with Crippen molar-refractivity contribution in [2.75, 3.05) is 11.9 Å². The third-order valence-electron chi connectivity index (χ3n) is 4.74. The summed E-state index contributed by atoms with van der Waals surface area (Å²) in [7, 11) is 0. The highest BCUT2D eigenvalue weighted by molar-refractivity contribution is 6.04. The molecule has 0 aliphatic heterocycles. The molecule has 0 aliphatic rings. The fourth-order valence-corrected chi connectivity index (χ4v) is 3.22. The minimum Gasteiger partial charge on any atom is -0.354 e. The number of aryl methyl sites for hydroxylation is 1. The molecule has 0 spiro atoms. The molecule has 2 heterocycles. The molecule has 8 nitrogen and oxygen atoms in total. The number of hydrogen-bond donors (Lipinski definition) is 2. The molecule has 0 aliphatic carbocycles. The quantitative estimate of drug-likeness (QED) is 0.429. The second-order valence-electron chi connectivity index (χ2n) is 6.99. The van der Waals surface area contributed by atoms with Crippen LogP contribution in [0.15, 0.2) is 67.1 Å². The summed E-state index contributed by atoms with van der Waals surface area (Å²) in [5.74, 6) is -1.37. The number of fused-ring (bicyclic) bond motifs is 1. The topological polar surface area (TPSA) is 93.8 Å². The molecule has 158 valence electrons. The summed E-state index contributed by atoms with van der Waals surface area (Å²) >= 11 is 0. The summed E-state index contributed by atoms with van der Waals surface area (Å²) in [5, 5.41) is 14.9. The Balaban J connectivity index is 1.23. The molecule has 0 atom stereocenters. The van der Waals surface area contributed by atoms with Gasteiger partial charge in [-0.3, -0.25) is 19.0 Å². The van der Waals surface area contributed by atoms with Gasteiger partial charge >= 0.3 is 0 Å². The van der Waals surface area contributed by atoms with Crippen LogP contribution in [0.3, 0.4) is 0 Å². The Labute approximate surface area is 177 Å². The molecule has 0 fully saturated rings. The molecule has 2 aromatic carbocycles. The highest BCUT2D eigenvalue weighted by Crippen LogP contribution is 2.13.